The van der Waals surface area contributed by atoms with Gasteiger partial charge in [-0.05, 0) is 139 Å². The maximum atomic E-state index is 7.74. The first-order valence-electron chi connectivity index (χ1n) is 38.4. The fraction of sp³-hybridized carbons (Fsp3) is 0.195. The van der Waals surface area contributed by atoms with Crippen molar-refractivity contribution in [2.75, 3.05) is 0 Å². The Morgan fingerprint density at radius 1 is 0.369 bits per heavy atom. The molecule has 4 aromatic carbocycles. The molecule has 24 nitrogen and oxygen atoms in total. The fourth-order valence-corrected chi connectivity index (χ4v) is 16.2. The Balaban J connectivity index is 0.000000112. The molecule has 0 saturated carbocycles. The molecular weight excluding hydrogens is 1380 g/mol. The smallest absolute Gasteiger partial charge is 0.310 e. The molecule has 24 heteroatoms. The van der Waals surface area contributed by atoms with Gasteiger partial charge in [0.1, 0.15) is 35.5 Å². The molecule has 552 valence electrons. The van der Waals surface area contributed by atoms with Gasteiger partial charge in [0.2, 0.25) is 47.4 Å². The molecule has 0 bridgehead atoms. The Morgan fingerprint density at radius 3 is 1.31 bits per heavy atom. The van der Waals surface area contributed by atoms with Crippen LogP contribution in [0.15, 0.2) is 250 Å². The van der Waals surface area contributed by atoms with E-state index in [2.05, 4.69) is 316 Å². The minimum absolute atomic E-state index is 0.158. The second-order valence-electron chi connectivity index (χ2n) is 28.6. The van der Waals surface area contributed by atoms with Gasteiger partial charge in [-0.2, -0.15) is 9.13 Å². The summed E-state index contributed by atoms with van der Waals surface area (Å²) in [7, 11) is 24.7. The Morgan fingerprint density at radius 2 is 0.811 bits per heavy atom. The van der Waals surface area contributed by atoms with Crippen molar-refractivity contribution in [3.05, 3.63) is 278 Å². The molecule has 0 aliphatic rings. The Bertz CT molecular complexity index is 7130. The van der Waals surface area contributed by atoms with Gasteiger partial charge in [0.05, 0.1) is 79.8 Å². The van der Waals surface area contributed by atoms with E-state index in [1.54, 1.807) is 0 Å². The average Bonchev–Trinajstić information content (AvgIpc) is 1.59. The summed E-state index contributed by atoms with van der Waals surface area (Å²) in [6.45, 7) is 5.98. The molecule has 0 spiro atoms. The van der Waals surface area contributed by atoms with Crippen LogP contribution in [0.4, 0.5) is 0 Å². The number of rotatable bonds is 9. The summed E-state index contributed by atoms with van der Waals surface area (Å²) in [5.74, 6) is 7.79. The zero-order valence-electron chi connectivity index (χ0n) is 68.4. The van der Waals surface area contributed by atoms with Gasteiger partial charge in [-0.25, -0.2) is 38.2 Å². The first kappa shape index (κ1) is 66.5. The van der Waals surface area contributed by atoms with Crippen LogP contribution in [0.25, 0.3) is 136 Å². The van der Waals surface area contributed by atoms with E-state index in [0.717, 1.165) is 120 Å². The predicted octanol–water partition coefficient (Wildman–Crippen LogP) is 9.79. The van der Waals surface area contributed by atoms with Crippen LogP contribution < -0.4 is 36.9 Å². The van der Waals surface area contributed by atoms with Gasteiger partial charge in [0.25, 0.3) is 5.69 Å². The first-order chi connectivity index (χ1) is 54.9. The van der Waals surface area contributed by atoms with Crippen LogP contribution in [0.1, 0.15) is 32.3 Å². The molecule has 0 aliphatic carbocycles. The molecule has 0 saturated heterocycles. The third-order valence-corrected chi connectivity index (χ3v) is 22.0. The van der Waals surface area contributed by atoms with E-state index < -0.39 is 6.85 Å². The topological polar surface area (TPSA) is 140 Å². The summed E-state index contributed by atoms with van der Waals surface area (Å²) in [6, 6.07) is 63.1. The van der Waals surface area contributed by atoms with Crippen molar-refractivity contribution in [1.82, 2.24) is 74.4 Å². The quantitative estimate of drug-likeness (QED) is 0.133. The van der Waals surface area contributed by atoms with Crippen molar-refractivity contribution in [1.29, 1.82) is 0 Å². The van der Waals surface area contributed by atoms with Gasteiger partial charge in [-0.1, -0.05) is 54.6 Å². The molecule has 0 amide bonds. The molecule has 0 radical (unpaired) electrons. The zero-order chi connectivity index (χ0) is 79.6. The Hall–Kier alpha value is -13.9. The molecule has 0 atom stereocenters. The maximum Gasteiger partial charge on any atom is 0.360 e. The number of pyridine rings is 4. The average molecular weight is 1480 g/mol. The highest BCUT2D eigenvalue weighted by Gasteiger charge is 2.36. The van der Waals surface area contributed by atoms with Crippen LogP contribution in [-0.2, 0) is 84.6 Å². The molecule has 0 N–H and O–H groups in total. The van der Waals surface area contributed by atoms with Crippen LogP contribution in [0.5, 0.6) is 0 Å². The largest absolute Gasteiger partial charge is 0.360 e. The minimum atomic E-state index is -2.23. The van der Waals surface area contributed by atoms with Crippen molar-refractivity contribution in [3.8, 4) is 80.2 Å². The van der Waals surface area contributed by atoms with Gasteiger partial charge in [-0.15, -0.1) is 0 Å². The molecule has 0 unspecified atom stereocenters. The number of hydrogen-bond acceptors (Lipinski definition) is 4. The standard InChI is InChI=1S/C32H30N6.C20H20N6.C19H24N6.C16H18N6/c1-21-12-10-13-22(2)30(21)38-27-17-9-8-16-25(27)35(4)31(38)28-19-11-18-26(34(28)3)29-20-37-24-15-7-6-14-23(24)33-32(37)36(29)5;1-22-12-7-13-26(22)19-11-6-10-17(23(19)2)18-14-25-16-9-5-4-8-15(16)21-20(25)24(18)3;1-13-14(2)25-15(3)18(23(6)19(25)20-13)16-9-7-10-17(22(16)5)24-12-8-11-21(24)4;1-18-9-5-10-22(18)15-7-4-6-13(19(15)2)14-12-21-11-8-17-16(21)20(14)3/h6-20H,1-5H3;4-14H,1-3H3;7-12H,1-6H3;4-12H,1-3H3/q4*+2/i;;1D3;. The summed E-state index contributed by atoms with van der Waals surface area (Å²) >= 11 is 0. The van der Waals surface area contributed by atoms with Crippen molar-refractivity contribution in [3.63, 3.8) is 0 Å². The lowest BCUT2D eigenvalue weighted by molar-refractivity contribution is -0.763. The van der Waals surface area contributed by atoms with Gasteiger partial charge in [-0.3, -0.25) is 17.6 Å². The van der Waals surface area contributed by atoms with E-state index in [0.29, 0.717) is 11.5 Å². The normalized spacial score (nSPS) is 12.2. The molecule has 16 heterocycles. The van der Waals surface area contributed by atoms with Crippen molar-refractivity contribution < 1.29 is 41.0 Å². The van der Waals surface area contributed by atoms with Crippen LogP contribution in [0.3, 0.4) is 0 Å². The van der Waals surface area contributed by atoms with Crippen LogP contribution in [-0.4, -0.2) is 74.4 Å². The summed E-state index contributed by atoms with van der Waals surface area (Å²) in [5, 5.41) is 0. The van der Waals surface area contributed by atoms with E-state index >= 15 is 0 Å². The molecular formula is C87H92N24+8. The monoisotopic (exact) mass is 1480 g/mol. The highest BCUT2D eigenvalue weighted by atomic mass is 15.4. The third-order valence-electron chi connectivity index (χ3n) is 22.0. The van der Waals surface area contributed by atoms with Crippen molar-refractivity contribution in [2.24, 2.45) is 84.6 Å². The zero-order valence-corrected chi connectivity index (χ0v) is 65.4. The van der Waals surface area contributed by atoms with E-state index in [4.69, 9.17) is 14.1 Å². The second kappa shape index (κ2) is 27.4. The van der Waals surface area contributed by atoms with Crippen molar-refractivity contribution in [2.45, 2.75) is 34.5 Å². The maximum absolute atomic E-state index is 7.74. The van der Waals surface area contributed by atoms with Crippen LogP contribution in [0.2, 0.25) is 0 Å². The SMILES string of the molecule is Cc1cccc(C)c1-n1c(-c2cccc(-c3cn4c5ccccc5nc4n3C)[n+]2C)[n+](C)c2ccccc21.Cn1c(-c2cccc(-n3ccc[n+]3C)[n+]2C)cn2c3ccccc3nc12.Cn1c(-c2cccc(-n3ccc[n+]3C)[n+]2C)cn2ccnc12.[2H]C([2H])([2H])c1nc2n(C)c(-c3cccc(-n4ccc[n+]4C)[n+]3C)c(C)n2c1C. The van der Waals surface area contributed by atoms with Crippen LogP contribution >= 0.6 is 0 Å². The number of aromatic nitrogens is 24. The molecule has 16 aromatic heterocycles. The van der Waals surface area contributed by atoms with Crippen LogP contribution in [0, 0.1) is 34.5 Å². The lowest BCUT2D eigenvalue weighted by Crippen LogP contribution is -2.45. The van der Waals surface area contributed by atoms with Gasteiger partial charge in [0, 0.05) is 113 Å². The second-order valence-corrected chi connectivity index (χ2v) is 28.6. The molecule has 20 aromatic rings. The highest BCUT2D eigenvalue weighted by molar-refractivity contribution is 5.83. The minimum Gasteiger partial charge on any atom is -0.310 e. The first-order valence-corrected chi connectivity index (χ1v) is 36.9. The predicted molar refractivity (Wildman–Crippen MR) is 427 cm³/mol. The number of aryl methyl sites for hydroxylation is 13. The lowest BCUT2D eigenvalue weighted by Gasteiger charge is -2.09. The van der Waals surface area contributed by atoms with Gasteiger partial charge >= 0.3 is 23.3 Å². The van der Waals surface area contributed by atoms with Crippen molar-refractivity contribution >= 4 is 56.2 Å². The summed E-state index contributed by atoms with van der Waals surface area (Å²) < 4.78 is 65.9. The summed E-state index contributed by atoms with van der Waals surface area (Å²) in [5.41, 5.74) is 22.1. The summed E-state index contributed by atoms with van der Waals surface area (Å²) in [4.78, 5) is 18.5. The van der Waals surface area contributed by atoms with E-state index in [1.807, 2.05) is 148 Å². The number of benzene rings is 4. The van der Waals surface area contributed by atoms with E-state index in [-0.39, 0.29) is 5.69 Å². The highest BCUT2D eigenvalue weighted by Crippen LogP contribution is 2.33. The molecule has 20 rings (SSSR count). The number of fused-ring (bicyclic) bond motifs is 9. The fourth-order valence-electron chi connectivity index (χ4n) is 16.2. The lowest BCUT2D eigenvalue weighted by atomic mass is 10.1. The number of imidazole rings is 9. The van der Waals surface area contributed by atoms with E-state index in [1.165, 1.54) is 27.8 Å². The molecule has 111 heavy (non-hydrogen) atoms. The van der Waals surface area contributed by atoms with E-state index in [9.17, 15) is 0 Å². The molecule has 0 aliphatic heterocycles. The molecule has 0 fully saturated rings. The number of nitrogens with zero attached hydrogens (tertiary/aromatic N) is 24. The number of hydrogen-bond donors (Lipinski definition) is 0. The van der Waals surface area contributed by atoms with Gasteiger partial charge in [0.15, 0.2) is 67.8 Å². The summed E-state index contributed by atoms with van der Waals surface area (Å²) in [6.07, 6.45) is 22.4. The Kier molecular flexibility index (Phi) is 16.4. The van der Waals surface area contributed by atoms with Gasteiger partial charge < -0.3 is 18.3 Å². The third kappa shape index (κ3) is 11.4. The Labute approximate surface area is 646 Å². The number of para-hydroxylation sites is 7.